The fraction of sp³-hybridized carbons (Fsp3) is 0.333. The number of phenols is 1. The molecule has 12 heavy (non-hydrogen) atoms. The number of rotatable bonds is 3. The minimum atomic E-state index is -0.0513. The third kappa shape index (κ3) is 2.53. The molecule has 0 aliphatic heterocycles. The summed E-state index contributed by atoms with van der Waals surface area (Å²) in [6, 6.07) is 7.21. The summed E-state index contributed by atoms with van der Waals surface area (Å²) in [5.74, 6) is 0.311. The molecule has 0 aromatic heterocycles. The number of phenolic OH excluding ortho intramolecular Hbond substituents is 1. The van der Waals surface area contributed by atoms with Gasteiger partial charge in [-0.2, -0.15) is 0 Å². The molecule has 0 radical (unpaired) electrons. The Kier molecular flexibility index (Phi) is 3.08. The van der Waals surface area contributed by atoms with E-state index in [1.165, 1.54) is 0 Å². The van der Waals surface area contributed by atoms with Crippen molar-refractivity contribution in [1.29, 1.82) is 0 Å². The van der Waals surface area contributed by atoms with Crippen LogP contribution in [0.3, 0.4) is 0 Å². The fourth-order valence-electron chi connectivity index (χ4n) is 0.931. The first-order valence-corrected chi connectivity index (χ1v) is 3.96. The standard InChI is InChI=1S/C9H14N2O/c1-7(10)11-6-8-4-2-3-5-9(8)12/h2-5,7,11-12H,6,10H2,1H3. The third-order valence-electron chi connectivity index (χ3n) is 1.61. The van der Waals surface area contributed by atoms with Crippen LogP contribution in [0.2, 0.25) is 0 Å². The van der Waals surface area contributed by atoms with Crippen molar-refractivity contribution in [3.05, 3.63) is 29.8 Å². The van der Waals surface area contributed by atoms with Gasteiger partial charge in [-0.15, -0.1) is 0 Å². The molecule has 0 saturated heterocycles. The van der Waals surface area contributed by atoms with Gasteiger partial charge < -0.3 is 10.8 Å². The normalized spacial score (nSPS) is 12.8. The zero-order valence-electron chi connectivity index (χ0n) is 7.12. The Bertz CT molecular complexity index is 248. The first-order chi connectivity index (χ1) is 5.70. The quantitative estimate of drug-likeness (QED) is 0.582. The molecule has 1 aromatic rings. The van der Waals surface area contributed by atoms with Gasteiger partial charge in [-0.05, 0) is 13.0 Å². The molecule has 1 atom stereocenters. The number of hydrogen-bond donors (Lipinski definition) is 3. The minimum absolute atomic E-state index is 0.0513. The maximum Gasteiger partial charge on any atom is 0.120 e. The maximum absolute atomic E-state index is 9.34. The molecule has 0 aliphatic rings. The van der Waals surface area contributed by atoms with E-state index < -0.39 is 0 Å². The molecule has 1 rings (SSSR count). The van der Waals surface area contributed by atoms with E-state index in [0.29, 0.717) is 12.3 Å². The van der Waals surface area contributed by atoms with E-state index in [9.17, 15) is 5.11 Å². The lowest BCUT2D eigenvalue weighted by Gasteiger charge is -2.08. The van der Waals surface area contributed by atoms with Crippen molar-refractivity contribution < 1.29 is 5.11 Å². The van der Waals surface area contributed by atoms with E-state index in [1.54, 1.807) is 12.1 Å². The summed E-state index contributed by atoms with van der Waals surface area (Å²) in [4.78, 5) is 0. The van der Waals surface area contributed by atoms with Crippen LogP contribution in [0.4, 0.5) is 0 Å². The zero-order chi connectivity index (χ0) is 8.97. The lowest BCUT2D eigenvalue weighted by atomic mass is 10.2. The molecule has 0 fully saturated rings. The van der Waals surface area contributed by atoms with E-state index in [4.69, 9.17) is 5.73 Å². The summed E-state index contributed by atoms with van der Waals surface area (Å²) in [5.41, 5.74) is 6.37. The lowest BCUT2D eigenvalue weighted by molar-refractivity contribution is 0.460. The van der Waals surface area contributed by atoms with Crippen LogP contribution in [0.25, 0.3) is 0 Å². The molecule has 0 aliphatic carbocycles. The highest BCUT2D eigenvalue weighted by Gasteiger charge is 1.99. The zero-order valence-corrected chi connectivity index (χ0v) is 7.12. The molecule has 1 unspecified atom stereocenters. The number of benzene rings is 1. The highest BCUT2D eigenvalue weighted by molar-refractivity contribution is 5.31. The highest BCUT2D eigenvalue weighted by Crippen LogP contribution is 2.14. The molecule has 0 saturated carbocycles. The molecule has 0 spiro atoms. The van der Waals surface area contributed by atoms with Gasteiger partial charge in [0.1, 0.15) is 5.75 Å². The highest BCUT2D eigenvalue weighted by atomic mass is 16.3. The molecule has 4 N–H and O–H groups in total. The molecule has 3 nitrogen and oxygen atoms in total. The largest absolute Gasteiger partial charge is 0.508 e. The van der Waals surface area contributed by atoms with Gasteiger partial charge in [-0.1, -0.05) is 18.2 Å². The number of hydrogen-bond acceptors (Lipinski definition) is 3. The molecular formula is C9H14N2O. The van der Waals surface area contributed by atoms with E-state index in [-0.39, 0.29) is 6.17 Å². The van der Waals surface area contributed by atoms with Crippen LogP contribution in [-0.4, -0.2) is 11.3 Å². The average molecular weight is 166 g/mol. The summed E-state index contributed by atoms with van der Waals surface area (Å²) in [6.45, 7) is 2.46. The Balaban J connectivity index is 2.57. The molecular weight excluding hydrogens is 152 g/mol. The van der Waals surface area contributed by atoms with Gasteiger partial charge in [0.2, 0.25) is 0 Å². The Morgan fingerprint density at radius 3 is 2.75 bits per heavy atom. The number of nitrogens with two attached hydrogens (primary N) is 1. The fourth-order valence-corrected chi connectivity index (χ4v) is 0.931. The van der Waals surface area contributed by atoms with E-state index in [2.05, 4.69) is 5.32 Å². The lowest BCUT2D eigenvalue weighted by Crippen LogP contribution is -2.33. The van der Waals surface area contributed by atoms with Crippen LogP contribution in [0.1, 0.15) is 12.5 Å². The van der Waals surface area contributed by atoms with Crippen molar-refractivity contribution in [2.75, 3.05) is 0 Å². The van der Waals surface area contributed by atoms with Gasteiger partial charge in [0, 0.05) is 12.1 Å². The van der Waals surface area contributed by atoms with Crippen LogP contribution in [0, 0.1) is 0 Å². The van der Waals surface area contributed by atoms with E-state index >= 15 is 0 Å². The first kappa shape index (κ1) is 9.03. The Labute approximate surface area is 72.2 Å². The summed E-state index contributed by atoms with van der Waals surface area (Å²) in [6.07, 6.45) is -0.0513. The molecule has 66 valence electrons. The van der Waals surface area contributed by atoms with Crippen LogP contribution >= 0.6 is 0 Å². The Hall–Kier alpha value is -1.06. The molecule has 0 bridgehead atoms. The van der Waals surface area contributed by atoms with Crippen LogP contribution in [-0.2, 0) is 6.54 Å². The molecule has 1 aromatic carbocycles. The van der Waals surface area contributed by atoms with Gasteiger partial charge in [0.05, 0.1) is 6.17 Å². The first-order valence-electron chi connectivity index (χ1n) is 3.96. The van der Waals surface area contributed by atoms with E-state index in [1.807, 2.05) is 19.1 Å². The second kappa shape index (κ2) is 4.09. The van der Waals surface area contributed by atoms with Crippen molar-refractivity contribution in [2.45, 2.75) is 19.6 Å². The van der Waals surface area contributed by atoms with Crippen LogP contribution in [0.5, 0.6) is 5.75 Å². The second-order valence-electron chi connectivity index (χ2n) is 2.80. The van der Waals surface area contributed by atoms with Crippen LogP contribution < -0.4 is 11.1 Å². The SMILES string of the molecule is CC(N)NCc1ccccc1O. The van der Waals surface area contributed by atoms with Crippen molar-refractivity contribution in [1.82, 2.24) is 5.32 Å². The van der Waals surface area contributed by atoms with Crippen molar-refractivity contribution in [3.8, 4) is 5.75 Å². The molecule has 0 heterocycles. The van der Waals surface area contributed by atoms with Gasteiger partial charge in [-0.3, -0.25) is 5.32 Å². The van der Waals surface area contributed by atoms with Crippen molar-refractivity contribution in [3.63, 3.8) is 0 Å². The average Bonchev–Trinajstić information content (AvgIpc) is 2.03. The van der Waals surface area contributed by atoms with Gasteiger partial charge in [0.25, 0.3) is 0 Å². The van der Waals surface area contributed by atoms with E-state index in [0.717, 1.165) is 5.56 Å². The third-order valence-corrected chi connectivity index (χ3v) is 1.61. The summed E-state index contributed by atoms with van der Waals surface area (Å²) >= 11 is 0. The Morgan fingerprint density at radius 1 is 1.50 bits per heavy atom. The molecule has 0 amide bonds. The monoisotopic (exact) mass is 166 g/mol. The minimum Gasteiger partial charge on any atom is -0.508 e. The van der Waals surface area contributed by atoms with Crippen molar-refractivity contribution >= 4 is 0 Å². The Morgan fingerprint density at radius 2 is 2.17 bits per heavy atom. The summed E-state index contributed by atoms with van der Waals surface area (Å²) < 4.78 is 0. The topological polar surface area (TPSA) is 58.3 Å². The summed E-state index contributed by atoms with van der Waals surface area (Å²) in [7, 11) is 0. The number of aromatic hydroxyl groups is 1. The predicted octanol–water partition coefficient (Wildman–Crippen LogP) is 0.786. The van der Waals surface area contributed by atoms with Gasteiger partial charge >= 0.3 is 0 Å². The molecule has 3 heteroatoms. The van der Waals surface area contributed by atoms with Gasteiger partial charge in [-0.25, -0.2) is 0 Å². The number of para-hydroxylation sites is 1. The number of nitrogens with one attached hydrogen (secondary N) is 1. The van der Waals surface area contributed by atoms with Crippen molar-refractivity contribution in [2.24, 2.45) is 5.73 Å². The smallest absolute Gasteiger partial charge is 0.120 e. The maximum atomic E-state index is 9.34. The summed E-state index contributed by atoms with van der Waals surface area (Å²) in [5, 5.41) is 12.4. The van der Waals surface area contributed by atoms with Crippen LogP contribution in [0.15, 0.2) is 24.3 Å². The predicted molar refractivity (Wildman–Crippen MR) is 48.6 cm³/mol. The van der Waals surface area contributed by atoms with Gasteiger partial charge in [0.15, 0.2) is 0 Å². The second-order valence-corrected chi connectivity index (χ2v) is 2.80.